The normalized spacial score (nSPS) is 10.4. The second-order valence-corrected chi connectivity index (χ2v) is 4.99. The van der Waals surface area contributed by atoms with Crippen LogP contribution in [0.2, 0.25) is 5.15 Å². The van der Waals surface area contributed by atoms with Gasteiger partial charge in [0, 0.05) is 17.3 Å². The van der Waals surface area contributed by atoms with E-state index in [9.17, 15) is 14.9 Å². The molecule has 0 radical (unpaired) electrons. The second-order valence-electron chi connectivity index (χ2n) is 4.63. The molecule has 9 nitrogen and oxygen atoms in total. The first-order chi connectivity index (χ1) is 11.5. The highest BCUT2D eigenvalue weighted by molar-refractivity contribution is 6.31. The Labute approximate surface area is 139 Å². The molecule has 24 heavy (non-hydrogen) atoms. The fourth-order valence-electron chi connectivity index (χ4n) is 2.01. The Morgan fingerprint density at radius 2 is 2.04 bits per heavy atom. The standard InChI is InChI=1S/C14H9ClN6O3/c15-13-12(21(23)24)14(17-7-16-13)18-9-3-1-2-8(6-9)10-4-5-11(22)20-19-10/h1-7H,(H,20,22)(H,16,17,18). The van der Waals surface area contributed by atoms with Gasteiger partial charge in [-0.05, 0) is 18.2 Å². The predicted octanol–water partition coefficient (Wildman–Crippen LogP) is 2.53. The fourth-order valence-corrected chi connectivity index (χ4v) is 2.21. The van der Waals surface area contributed by atoms with Crippen LogP contribution in [-0.2, 0) is 0 Å². The molecule has 0 saturated carbocycles. The summed E-state index contributed by atoms with van der Waals surface area (Å²) in [6.07, 6.45) is 1.13. The quantitative estimate of drug-likeness (QED) is 0.423. The van der Waals surface area contributed by atoms with E-state index >= 15 is 0 Å². The molecule has 120 valence electrons. The summed E-state index contributed by atoms with van der Waals surface area (Å²) in [7, 11) is 0. The van der Waals surface area contributed by atoms with Crippen molar-refractivity contribution in [3.05, 3.63) is 68.3 Å². The number of nitrogens with one attached hydrogen (secondary N) is 2. The molecule has 3 aromatic rings. The van der Waals surface area contributed by atoms with E-state index in [1.807, 2.05) is 0 Å². The van der Waals surface area contributed by atoms with E-state index in [4.69, 9.17) is 11.6 Å². The molecule has 0 amide bonds. The number of aromatic nitrogens is 4. The fraction of sp³-hybridized carbons (Fsp3) is 0. The van der Waals surface area contributed by atoms with Crippen molar-refractivity contribution in [1.82, 2.24) is 20.2 Å². The molecule has 0 spiro atoms. The van der Waals surface area contributed by atoms with E-state index in [0.717, 1.165) is 6.33 Å². The maximum Gasteiger partial charge on any atom is 0.348 e. The molecule has 0 saturated heterocycles. The number of benzene rings is 1. The van der Waals surface area contributed by atoms with Crippen LogP contribution in [0, 0.1) is 10.1 Å². The van der Waals surface area contributed by atoms with Crippen LogP contribution in [-0.4, -0.2) is 25.1 Å². The lowest BCUT2D eigenvalue weighted by Crippen LogP contribution is -2.05. The molecule has 0 aliphatic rings. The van der Waals surface area contributed by atoms with Gasteiger partial charge in [0.05, 0.1) is 10.6 Å². The van der Waals surface area contributed by atoms with E-state index in [2.05, 4.69) is 25.5 Å². The van der Waals surface area contributed by atoms with Gasteiger partial charge in [-0.1, -0.05) is 23.7 Å². The first-order valence-electron chi connectivity index (χ1n) is 6.62. The molecule has 2 heterocycles. The Bertz CT molecular complexity index is 954. The molecule has 0 aliphatic carbocycles. The Kier molecular flexibility index (Phi) is 4.17. The van der Waals surface area contributed by atoms with Gasteiger partial charge in [-0.3, -0.25) is 14.9 Å². The molecule has 0 bridgehead atoms. The van der Waals surface area contributed by atoms with Crippen molar-refractivity contribution in [1.29, 1.82) is 0 Å². The first-order valence-corrected chi connectivity index (χ1v) is 7.00. The van der Waals surface area contributed by atoms with Crippen LogP contribution >= 0.6 is 11.6 Å². The number of hydrogen-bond donors (Lipinski definition) is 2. The molecule has 2 N–H and O–H groups in total. The van der Waals surface area contributed by atoms with E-state index in [0.29, 0.717) is 16.9 Å². The Hall–Kier alpha value is -3.33. The summed E-state index contributed by atoms with van der Waals surface area (Å²) in [5.74, 6) is -0.0217. The van der Waals surface area contributed by atoms with Crippen molar-refractivity contribution in [3.63, 3.8) is 0 Å². The van der Waals surface area contributed by atoms with Crippen LogP contribution in [0.15, 0.2) is 47.5 Å². The van der Waals surface area contributed by atoms with E-state index < -0.39 is 10.6 Å². The lowest BCUT2D eigenvalue weighted by molar-refractivity contribution is -0.384. The van der Waals surface area contributed by atoms with Crippen LogP contribution in [0.1, 0.15) is 0 Å². The second kappa shape index (κ2) is 6.42. The van der Waals surface area contributed by atoms with Gasteiger partial charge < -0.3 is 5.32 Å². The van der Waals surface area contributed by atoms with Crippen molar-refractivity contribution < 1.29 is 4.92 Å². The van der Waals surface area contributed by atoms with E-state index in [1.54, 1.807) is 30.3 Å². The summed E-state index contributed by atoms with van der Waals surface area (Å²) < 4.78 is 0. The molecule has 1 aromatic carbocycles. The van der Waals surface area contributed by atoms with Crippen molar-refractivity contribution >= 4 is 28.8 Å². The van der Waals surface area contributed by atoms with Gasteiger partial charge in [-0.15, -0.1) is 0 Å². The number of anilines is 2. The molecular weight excluding hydrogens is 336 g/mol. The van der Waals surface area contributed by atoms with Crippen LogP contribution in [0.4, 0.5) is 17.2 Å². The topological polar surface area (TPSA) is 127 Å². The lowest BCUT2D eigenvalue weighted by atomic mass is 10.1. The van der Waals surface area contributed by atoms with Gasteiger partial charge in [0.2, 0.25) is 11.0 Å². The van der Waals surface area contributed by atoms with Gasteiger partial charge in [0.15, 0.2) is 0 Å². The average molecular weight is 345 g/mol. The zero-order valence-electron chi connectivity index (χ0n) is 11.9. The number of nitrogens with zero attached hydrogens (tertiary/aromatic N) is 4. The monoisotopic (exact) mass is 344 g/mol. The summed E-state index contributed by atoms with van der Waals surface area (Å²) in [5.41, 5.74) is 1.08. The van der Waals surface area contributed by atoms with Crippen LogP contribution in [0.3, 0.4) is 0 Å². The SMILES string of the molecule is O=c1ccc(-c2cccc(Nc3ncnc(Cl)c3[N+](=O)[O-])c2)n[nH]1. The van der Waals surface area contributed by atoms with Gasteiger partial charge in [-0.2, -0.15) is 5.10 Å². The molecule has 0 atom stereocenters. The molecule has 3 rings (SSSR count). The van der Waals surface area contributed by atoms with E-state index in [1.165, 1.54) is 6.07 Å². The number of halogens is 1. The minimum absolute atomic E-state index is 0.0217. The molecule has 0 fully saturated rings. The largest absolute Gasteiger partial charge is 0.348 e. The van der Waals surface area contributed by atoms with Crippen LogP contribution < -0.4 is 10.9 Å². The minimum atomic E-state index is -0.655. The van der Waals surface area contributed by atoms with Gasteiger partial charge in [0.1, 0.15) is 6.33 Å². The third kappa shape index (κ3) is 3.20. The number of rotatable bonds is 4. The molecule has 2 aromatic heterocycles. The average Bonchev–Trinajstić information content (AvgIpc) is 2.55. The smallest absolute Gasteiger partial charge is 0.334 e. The van der Waals surface area contributed by atoms with Crippen molar-refractivity contribution in [3.8, 4) is 11.3 Å². The van der Waals surface area contributed by atoms with Gasteiger partial charge >= 0.3 is 5.69 Å². The summed E-state index contributed by atoms with van der Waals surface area (Å²) in [6.45, 7) is 0. The molecular formula is C14H9ClN6O3. The highest BCUT2D eigenvalue weighted by Crippen LogP contribution is 2.31. The number of hydrogen-bond acceptors (Lipinski definition) is 7. The van der Waals surface area contributed by atoms with Crippen molar-refractivity contribution in [2.45, 2.75) is 0 Å². The number of nitro groups is 1. The van der Waals surface area contributed by atoms with Crippen LogP contribution in [0.25, 0.3) is 11.3 Å². The number of H-pyrrole nitrogens is 1. The third-order valence-electron chi connectivity index (χ3n) is 3.06. The van der Waals surface area contributed by atoms with Gasteiger partial charge in [0.25, 0.3) is 5.56 Å². The summed E-state index contributed by atoms with van der Waals surface area (Å²) in [4.78, 5) is 29.0. The maximum atomic E-state index is 11.1. The predicted molar refractivity (Wildman–Crippen MR) is 87.3 cm³/mol. The maximum absolute atomic E-state index is 11.1. The zero-order valence-corrected chi connectivity index (χ0v) is 12.7. The Morgan fingerprint density at radius 1 is 1.21 bits per heavy atom. The van der Waals surface area contributed by atoms with Crippen molar-refractivity contribution in [2.24, 2.45) is 0 Å². The van der Waals surface area contributed by atoms with Crippen LogP contribution in [0.5, 0.6) is 0 Å². The third-order valence-corrected chi connectivity index (χ3v) is 3.34. The zero-order chi connectivity index (χ0) is 17.1. The Morgan fingerprint density at radius 3 is 2.75 bits per heavy atom. The van der Waals surface area contributed by atoms with E-state index in [-0.39, 0.29) is 16.5 Å². The van der Waals surface area contributed by atoms with Gasteiger partial charge in [-0.25, -0.2) is 15.1 Å². The van der Waals surface area contributed by atoms with Crippen molar-refractivity contribution in [2.75, 3.05) is 5.32 Å². The lowest BCUT2D eigenvalue weighted by Gasteiger charge is -2.08. The highest BCUT2D eigenvalue weighted by atomic mass is 35.5. The molecule has 10 heteroatoms. The highest BCUT2D eigenvalue weighted by Gasteiger charge is 2.21. The molecule has 0 aliphatic heterocycles. The summed E-state index contributed by atoms with van der Waals surface area (Å²) in [5, 5.41) is 20.0. The summed E-state index contributed by atoms with van der Waals surface area (Å²) in [6, 6.07) is 9.86. The first kappa shape index (κ1) is 15.6. The summed E-state index contributed by atoms with van der Waals surface area (Å²) >= 11 is 5.76. The number of aromatic amines is 1. The Balaban J connectivity index is 1.96. The minimum Gasteiger partial charge on any atom is -0.334 e. The molecule has 0 unspecified atom stereocenters.